The zero-order chi connectivity index (χ0) is 21.4. The summed E-state index contributed by atoms with van der Waals surface area (Å²) in [4.78, 5) is 11.0. The van der Waals surface area contributed by atoms with Crippen molar-refractivity contribution in [3.63, 3.8) is 0 Å². The van der Waals surface area contributed by atoms with E-state index in [-0.39, 0.29) is 24.0 Å². The molecule has 1 N–H and O–H groups in total. The lowest BCUT2D eigenvalue weighted by molar-refractivity contribution is -0.148. The summed E-state index contributed by atoms with van der Waals surface area (Å²) in [6.07, 6.45) is 0.0746. The molecule has 0 aliphatic carbocycles. The minimum atomic E-state index is -4.10. The van der Waals surface area contributed by atoms with Crippen LogP contribution in [0.4, 0.5) is 13.2 Å². The number of guanidine groups is 1. The van der Waals surface area contributed by atoms with Gasteiger partial charge in [-0.2, -0.15) is 13.2 Å². The number of nitrogens with zero attached hydrogens (tertiary/aromatic N) is 5. The summed E-state index contributed by atoms with van der Waals surface area (Å²) >= 11 is 0. The molecule has 1 aromatic heterocycles. The maximum atomic E-state index is 12.5. The average Bonchev–Trinajstić information content (AvgIpc) is 3.21. The molecule has 31 heavy (non-hydrogen) atoms. The van der Waals surface area contributed by atoms with Crippen LogP contribution in [-0.2, 0) is 6.54 Å². The molecule has 0 saturated carbocycles. The summed E-state index contributed by atoms with van der Waals surface area (Å²) in [5.74, 6) is 1.40. The lowest BCUT2D eigenvalue weighted by Gasteiger charge is -2.36. The Hall–Kier alpha value is -1.08. The number of piperidine rings is 1. The molecule has 3 heterocycles. The minimum Gasteiger partial charge on any atom is -0.364 e. The van der Waals surface area contributed by atoms with Gasteiger partial charge in [0, 0.05) is 51.9 Å². The molecule has 178 valence electrons. The van der Waals surface area contributed by atoms with Gasteiger partial charge in [0.2, 0.25) is 0 Å². The minimum absolute atomic E-state index is 0. The maximum absolute atomic E-state index is 12.5. The van der Waals surface area contributed by atoms with Gasteiger partial charge in [-0.1, -0.05) is 5.16 Å². The van der Waals surface area contributed by atoms with Gasteiger partial charge in [0.15, 0.2) is 5.96 Å². The Kier molecular flexibility index (Phi) is 10.8. The second-order valence-electron chi connectivity index (χ2n) is 8.11. The molecule has 0 unspecified atom stereocenters. The zero-order valence-corrected chi connectivity index (χ0v) is 20.4. The van der Waals surface area contributed by atoms with Crippen molar-refractivity contribution in [2.24, 2.45) is 10.9 Å². The highest BCUT2D eigenvalue weighted by Gasteiger charge is 2.32. The van der Waals surface area contributed by atoms with Crippen LogP contribution in [0.1, 0.15) is 31.9 Å². The highest BCUT2D eigenvalue weighted by Crippen LogP contribution is 2.24. The molecule has 3 rings (SSSR count). The quantitative estimate of drug-likeness (QED) is 0.316. The first-order chi connectivity index (χ1) is 14.4. The molecule has 0 atom stereocenters. The van der Waals surface area contributed by atoms with Gasteiger partial charge in [-0.25, -0.2) is 0 Å². The van der Waals surface area contributed by atoms with E-state index in [1.807, 2.05) is 6.07 Å². The maximum Gasteiger partial charge on any atom is 0.401 e. The fourth-order valence-corrected chi connectivity index (χ4v) is 4.13. The lowest BCUT2D eigenvalue weighted by Crippen LogP contribution is -2.52. The molecule has 7 nitrogen and oxygen atoms in total. The molecule has 2 aliphatic heterocycles. The van der Waals surface area contributed by atoms with Crippen LogP contribution < -0.4 is 5.32 Å². The van der Waals surface area contributed by atoms with Crippen molar-refractivity contribution in [2.75, 3.05) is 58.9 Å². The van der Waals surface area contributed by atoms with E-state index in [0.29, 0.717) is 25.6 Å². The first-order valence-electron chi connectivity index (χ1n) is 10.9. The predicted octanol–water partition coefficient (Wildman–Crippen LogP) is 3.04. The molecule has 0 radical (unpaired) electrons. The van der Waals surface area contributed by atoms with Crippen LogP contribution in [0.5, 0.6) is 0 Å². The van der Waals surface area contributed by atoms with Gasteiger partial charge in [-0.05, 0) is 45.2 Å². The molecular weight excluding hydrogens is 524 g/mol. The van der Waals surface area contributed by atoms with Gasteiger partial charge >= 0.3 is 6.18 Å². The first-order valence-corrected chi connectivity index (χ1v) is 10.9. The third-order valence-electron chi connectivity index (χ3n) is 5.79. The summed E-state index contributed by atoms with van der Waals surface area (Å²) in [5.41, 5.74) is 0.949. The Morgan fingerprint density at radius 2 is 1.87 bits per heavy atom. The van der Waals surface area contributed by atoms with E-state index < -0.39 is 12.7 Å². The fourth-order valence-electron chi connectivity index (χ4n) is 4.13. The topological polar surface area (TPSA) is 60.1 Å². The standard InChI is InChI=1S/C20H33F3N6O.HI/c1-2-24-19(29-12-10-27(11-13-29)15-18-6-14-30-26-18)25-7-3-17-4-8-28(9-5-17)16-20(21,22)23;/h6,14,17H,2-5,7-13,15-16H2,1H3,(H,24,25);1H. The van der Waals surface area contributed by atoms with Crippen molar-refractivity contribution in [2.45, 2.75) is 38.9 Å². The fraction of sp³-hybridized carbons (Fsp3) is 0.800. The number of nitrogens with one attached hydrogen (secondary N) is 1. The number of hydrogen-bond acceptors (Lipinski definition) is 5. The molecule has 0 bridgehead atoms. The molecule has 0 amide bonds. The third-order valence-corrected chi connectivity index (χ3v) is 5.79. The first kappa shape index (κ1) is 26.2. The highest BCUT2D eigenvalue weighted by atomic mass is 127. The SMILES string of the molecule is CCNC(=NCCC1CCN(CC(F)(F)F)CC1)N1CCN(Cc2ccon2)CC1.I. The van der Waals surface area contributed by atoms with Gasteiger partial charge in [0.05, 0.1) is 12.2 Å². The third kappa shape index (κ3) is 9.13. The molecule has 2 aliphatic rings. The van der Waals surface area contributed by atoms with Crippen LogP contribution >= 0.6 is 24.0 Å². The number of aliphatic imine (C=N–C) groups is 1. The van der Waals surface area contributed by atoms with E-state index in [2.05, 4.69) is 27.2 Å². The molecular formula is C20H34F3IN6O. The van der Waals surface area contributed by atoms with Crippen LogP contribution in [0.15, 0.2) is 21.8 Å². The largest absolute Gasteiger partial charge is 0.401 e. The van der Waals surface area contributed by atoms with Gasteiger partial charge in [0.1, 0.15) is 6.26 Å². The summed E-state index contributed by atoms with van der Waals surface area (Å²) in [5, 5.41) is 7.36. The van der Waals surface area contributed by atoms with E-state index in [1.54, 1.807) is 6.26 Å². The monoisotopic (exact) mass is 558 g/mol. The van der Waals surface area contributed by atoms with Crippen LogP contribution in [-0.4, -0.2) is 90.9 Å². The zero-order valence-electron chi connectivity index (χ0n) is 18.1. The number of hydrogen-bond donors (Lipinski definition) is 1. The Morgan fingerprint density at radius 3 is 2.45 bits per heavy atom. The molecule has 1 aromatic rings. The Bertz CT molecular complexity index is 642. The van der Waals surface area contributed by atoms with E-state index in [0.717, 1.165) is 70.2 Å². The van der Waals surface area contributed by atoms with Crippen LogP contribution in [0.3, 0.4) is 0 Å². The highest BCUT2D eigenvalue weighted by molar-refractivity contribution is 14.0. The van der Waals surface area contributed by atoms with Gasteiger partial charge in [0.25, 0.3) is 0 Å². The molecule has 0 aromatic carbocycles. The normalized spacial score (nSPS) is 20.0. The average molecular weight is 558 g/mol. The van der Waals surface area contributed by atoms with E-state index in [4.69, 9.17) is 9.52 Å². The van der Waals surface area contributed by atoms with Crippen molar-refractivity contribution in [3.05, 3.63) is 18.0 Å². The van der Waals surface area contributed by atoms with Crippen LogP contribution in [0.2, 0.25) is 0 Å². The number of piperazine rings is 1. The molecule has 11 heteroatoms. The number of aromatic nitrogens is 1. The summed E-state index contributed by atoms with van der Waals surface area (Å²) < 4.78 is 42.4. The van der Waals surface area contributed by atoms with Crippen molar-refractivity contribution in [1.29, 1.82) is 0 Å². The molecule has 2 saturated heterocycles. The lowest BCUT2D eigenvalue weighted by atomic mass is 9.93. The van der Waals surface area contributed by atoms with E-state index in [1.165, 1.54) is 4.90 Å². The Morgan fingerprint density at radius 1 is 1.16 bits per heavy atom. The summed E-state index contributed by atoms with van der Waals surface area (Å²) in [6.45, 7) is 8.34. The van der Waals surface area contributed by atoms with E-state index in [9.17, 15) is 13.2 Å². The van der Waals surface area contributed by atoms with Gasteiger partial charge < -0.3 is 14.7 Å². The molecule has 0 spiro atoms. The second-order valence-corrected chi connectivity index (χ2v) is 8.11. The van der Waals surface area contributed by atoms with Crippen molar-refractivity contribution < 1.29 is 17.7 Å². The predicted molar refractivity (Wildman–Crippen MR) is 125 cm³/mol. The van der Waals surface area contributed by atoms with Crippen molar-refractivity contribution in [1.82, 2.24) is 25.2 Å². The Balaban J connectivity index is 0.00000341. The van der Waals surface area contributed by atoms with Crippen molar-refractivity contribution in [3.8, 4) is 0 Å². The molecule has 2 fully saturated rings. The number of alkyl halides is 3. The number of halogens is 4. The smallest absolute Gasteiger partial charge is 0.364 e. The summed E-state index contributed by atoms with van der Waals surface area (Å²) in [7, 11) is 0. The Labute approximate surface area is 199 Å². The van der Waals surface area contributed by atoms with Crippen molar-refractivity contribution >= 4 is 29.9 Å². The number of likely N-dealkylation sites (tertiary alicyclic amines) is 1. The summed E-state index contributed by atoms with van der Waals surface area (Å²) in [6, 6.07) is 1.89. The van der Waals surface area contributed by atoms with Crippen LogP contribution in [0.25, 0.3) is 0 Å². The number of rotatable bonds is 7. The van der Waals surface area contributed by atoms with Gasteiger partial charge in [-0.15, -0.1) is 24.0 Å². The van der Waals surface area contributed by atoms with Gasteiger partial charge in [-0.3, -0.25) is 14.8 Å². The van der Waals surface area contributed by atoms with E-state index >= 15 is 0 Å². The second kappa shape index (κ2) is 12.8. The van der Waals surface area contributed by atoms with Crippen LogP contribution in [0, 0.1) is 5.92 Å².